The molecule has 0 saturated carbocycles. The molecule has 6 nitrogen and oxygen atoms in total. The Kier molecular flexibility index (Phi) is 7.47. The molecule has 1 aliphatic heterocycles. The van der Waals surface area contributed by atoms with Crippen LogP contribution in [0.4, 0.5) is 0 Å². The van der Waals surface area contributed by atoms with Gasteiger partial charge >= 0.3 is 0 Å². The topological polar surface area (TPSA) is 71.4 Å². The van der Waals surface area contributed by atoms with E-state index in [0.29, 0.717) is 17.1 Å². The van der Waals surface area contributed by atoms with Crippen molar-refractivity contribution in [3.05, 3.63) is 69.1 Å². The van der Waals surface area contributed by atoms with Gasteiger partial charge in [-0.15, -0.1) is 0 Å². The van der Waals surface area contributed by atoms with Crippen LogP contribution in [0.15, 0.2) is 47.4 Å². The average molecular weight is 416 g/mol. The maximum atomic E-state index is 12.4. The summed E-state index contributed by atoms with van der Waals surface area (Å²) in [5, 5.41) is 3.57. The first kappa shape index (κ1) is 21.1. The Hall–Kier alpha value is -2.60. The van der Waals surface area contributed by atoms with Gasteiger partial charge in [-0.25, -0.2) is 0 Å². The molecule has 0 radical (unpaired) electrons. The van der Waals surface area contributed by atoms with Crippen LogP contribution in [-0.2, 0) is 17.8 Å². The van der Waals surface area contributed by atoms with Crippen LogP contribution >= 0.6 is 11.6 Å². The molecule has 1 N–H and O–H groups in total. The molecule has 1 saturated heterocycles. The molecular formula is C22H26ClN3O3. The van der Waals surface area contributed by atoms with Gasteiger partial charge in [0.15, 0.2) is 0 Å². The van der Waals surface area contributed by atoms with E-state index in [1.54, 1.807) is 4.90 Å². The Morgan fingerprint density at radius 1 is 1.00 bits per heavy atom. The van der Waals surface area contributed by atoms with Gasteiger partial charge in [0.1, 0.15) is 6.54 Å². The summed E-state index contributed by atoms with van der Waals surface area (Å²) in [6.07, 6.45) is 6.23. The fourth-order valence-electron chi connectivity index (χ4n) is 3.43. The number of hydrogen-bond acceptors (Lipinski definition) is 3. The largest absolute Gasteiger partial charge is 0.352 e. The summed E-state index contributed by atoms with van der Waals surface area (Å²) in [6.45, 7) is 1.96. The van der Waals surface area contributed by atoms with E-state index in [0.717, 1.165) is 50.8 Å². The van der Waals surface area contributed by atoms with E-state index in [9.17, 15) is 14.4 Å². The normalized spacial score (nSPS) is 13.9. The number of pyridine rings is 1. The third-order valence-corrected chi connectivity index (χ3v) is 5.35. The molecule has 154 valence electrons. The minimum atomic E-state index is -0.283. The van der Waals surface area contributed by atoms with E-state index in [2.05, 4.69) is 5.32 Å². The first-order valence-electron chi connectivity index (χ1n) is 10.0. The lowest BCUT2D eigenvalue weighted by Gasteiger charge is -2.27. The Morgan fingerprint density at radius 2 is 1.72 bits per heavy atom. The average Bonchev–Trinajstić information content (AvgIpc) is 2.74. The fraction of sp³-hybridized carbons (Fsp3) is 0.409. The minimum absolute atomic E-state index is 0.0312. The van der Waals surface area contributed by atoms with Crippen molar-refractivity contribution in [1.29, 1.82) is 0 Å². The first-order chi connectivity index (χ1) is 14.0. The van der Waals surface area contributed by atoms with Crippen molar-refractivity contribution in [2.24, 2.45) is 0 Å². The monoisotopic (exact) mass is 415 g/mol. The lowest BCUT2D eigenvalue weighted by molar-refractivity contribution is -0.132. The summed E-state index contributed by atoms with van der Waals surface area (Å²) >= 11 is 5.88. The maximum Gasteiger partial charge on any atom is 0.252 e. The number of amides is 2. The number of benzene rings is 1. The van der Waals surface area contributed by atoms with Gasteiger partial charge in [-0.2, -0.15) is 0 Å². The highest BCUT2D eigenvalue weighted by molar-refractivity contribution is 6.30. The van der Waals surface area contributed by atoms with E-state index < -0.39 is 0 Å². The molecule has 2 amide bonds. The smallest absolute Gasteiger partial charge is 0.252 e. The van der Waals surface area contributed by atoms with Crippen LogP contribution in [0.5, 0.6) is 0 Å². The summed E-state index contributed by atoms with van der Waals surface area (Å²) in [7, 11) is 0. The highest BCUT2D eigenvalue weighted by Crippen LogP contribution is 2.11. The van der Waals surface area contributed by atoms with Crippen molar-refractivity contribution >= 4 is 23.4 Å². The van der Waals surface area contributed by atoms with E-state index in [4.69, 9.17) is 11.6 Å². The molecule has 0 aliphatic carbocycles. The summed E-state index contributed by atoms with van der Waals surface area (Å²) in [6, 6.07) is 10.5. The molecule has 1 aliphatic rings. The number of hydrogen-bond donors (Lipinski definition) is 1. The number of aromatic nitrogens is 1. The van der Waals surface area contributed by atoms with Gasteiger partial charge < -0.3 is 14.8 Å². The molecule has 0 spiro atoms. The van der Waals surface area contributed by atoms with Crippen LogP contribution in [0.25, 0.3) is 0 Å². The van der Waals surface area contributed by atoms with Crippen LogP contribution in [0.1, 0.15) is 41.6 Å². The zero-order chi connectivity index (χ0) is 20.6. The van der Waals surface area contributed by atoms with Crippen molar-refractivity contribution in [2.75, 3.05) is 19.6 Å². The molecular weight excluding hydrogens is 390 g/mol. The number of carbonyl (C=O) groups is 2. The van der Waals surface area contributed by atoms with Gasteiger partial charge in [-0.1, -0.05) is 23.7 Å². The fourth-order valence-corrected chi connectivity index (χ4v) is 3.55. The Bertz CT molecular complexity index is 902. The molecule has 2 aromatic rings. The van der Waals surface area contributed by atoms with E-state index in [1.165, 1.54) is 22.9 Å². The predicted molar refractivity (Wildman–Crippen MR) is 113 cm³/mol. The summed E-state index contributed by atoms with van der Waals surface area (Å²) in [5.74, 6) is -0.326. The first-order valence-corrected chi connectivity index (χ1v) is 10.4. The molecule has 1 aromatic heterocycles. The lowest BCUT2D eigenvalue weighted by atomic mass is 10.1. The summed E-state index contributed by atoms with van der Waals surface area (Å²) in [4.78, 5) is 38.7. The Morgan fingerprint density at radius 3 is 2.45 bits per heavy atom. The second-order valence-electron chi connectivity index (χ2n) is 7.31. The zero-order valence-corrected chi connectivity index (χ0v) is 17.2. The third-order valence-electron chi connectivity index (χ3n) is 5.10. The van der Waals surface area contributed by atoms with Gasteiger partial charge in [-0.05, 0) is 55.9 Å². The number of piperidine rings is 1. The van der Waals surface area contributed by atoms with Crippen LogP contribution < -0.4 is 10.9 Å². The van der Waals surface area contributed by atoms with E-state index >= 15 is 0 Å². The van der Waals surface area contributed by atoms with Gasteiger partial charge in [0.05, 0.1) is 5.56 Å². The second-order valence-corrected chi connectivity index (χ2v) is 7.75. The Balaban J connectivity index is 1.52. The lowest BCUT2D eigenvalue weighted by Crippen LogP contribution is -2.39. The molecule has 3 rings (SSSR count). The molecule has 0 atom stereocenters. The van der Waals surface area contributed by atoms with Gasteiger partial charge in [0, 0.05) is 36.9 Å². The van der Waals surface area contributed by atoms with Crippen molar-refractivity contribution in [1.82, 2.24) is 14.8 Å². The SMILES string of the molecule is O=C(NCCCc1ccc(Cl)cc1)c1ccc(=O)n(CC(=O)N2CCCCC2)c1. The highest BCUT2D eigenvalue weighted by atomic mass is 35.5. The Labute approximate surface area is 175 Å². The second kappa shape index (κ2) is 10.3. The van der Waals surface area contributed by atoms with Crippen LogP contribution in [-0.4, -0.2) is 40.9 Å². The zero-order valence-electron chi connectivity index (χ0n) is 16.4. The third kappa shape index (κ3) is 6.19. The molecule has 2 heterocycles. The predicted octanol–water partition coefficient (Wildman–Crippen LogP) is 2.88. The number of halogens is 1. The van der Waals surface area contributed by atoms with Crippen molar-refractivity contribution in [3.63, 3.8) is 0 Å². The summed E-state index contributed by atoms with van der Waals surface area (Å²) < 4.78 is 1.32. The van der Waals surface area contributed by atoms with Crippen molar-refractivity contribution in [3.8, 4) is 0 Å². The minimum Gasteiger partial charge on any atom is -0.352 e. The summed E-state index contributed by atoms with van der Waals surface area (Å²) in [5.41, 5.74) is 1.26. The highest BCUT2D eigenvalue weighted by Gasteiger charge is 2.17. The number of carbonyl (C=O) groups excluding carboxylic acids is 2. The van der Waals surface area contributed by atoms with Crippen molar-refractivity contribution < 1.29 is 9.59 Å². The van der Waals surface area contributed by atoms with Gasteiger partial charge in [-0.3, -0.25) is 14.4 Å². The number of likely N-dealkylation sites (tertiary alicyclic amines) is 1. The number of rotatable bonds is 7. The standard InChI is InChI=1S/C22H26ClN3O3/c23-19-9-6-17(7-10-19)5-4-12-24-22(29)18-8-11-20(27)26(15-18)16-21(28)25-13-2-1-3-14-25/h6-11,15H,1-5,12-14,16H2,(H,24,29). The molecule has 1 aromatic carbocycles. The quantitative estimate of drug-likeness (QED) is 0.707. The van der Waals surface area contributed by atoms with E-state index in [-0.39, 0.29) is 23.9 Å². The molecule has 0 bridgehead atoms. The molecule has 0 unspecified atom stereocenters. The number of nitrogens with zero attached hydrogens (tertiary/aromatic N) is 2. The van der Waals surface area contributed by atoms with Crippen LogP contribution in [0.3, 0.4) is 0 Å². The van der Waals surface area contributed by atoms with Gasteiger partial charge in [0.2, 0.25) is 5.91 Å². The molecule has 1 fully saturated rings. The molecule has 7 heteroatoms. The number of aryl methyl sites for hydroxylation is 1. The van der Waals surface area contributed by atoms with Crippen LogP contribution in [0, 0.1) is 0 Å². The molecule has 29 heavy (non-hydrogen) atoms. The van der Waals surface area contributed by atoms with E-state index in [1.807, 2.05) is 24.3 Å². The number of nitrogens with one attached hydrogen (secondary N) is 1. The van der Waals surface area contributed by atoms with Crippen LogP contribution in [0.2, 0.25) is 5.02 Å². The maximum absolute atomic E-state index is 12.4. The van der Waals surface area contributed by atoms with Crippen molar-refractivity contribution in [2.45, 2.75) is 38.6 Å². The van der Waals surface area contributed by atoms with Gasteiger partial charge in [0.25, 0.3) is 11.5 Å².